The summed E-state index contributed by atoms with van der Waals surface area (Å²) in [5, 5.41) is 7.73. The van der Waals surface area contributed by atoms with Gasteiger partial charge < -0.3 is 5.48 Å². The molecule has 0 bridgehead atoms. The zero-order chi connectivity index (χ0) is 6.85. The highest BCUT2D eigenvalue weighted by molar-refractivity contribution is 4.97. The molecule has 4 heteroatoms. The van der Waals surface area contributed by atoms with Gasteiger partial charge in [0.1, 0.15) is 0 Å². The zero-order valence-electron chi connectivity index (χ0n) is 6.50. The van der Waals surface area contributed by atoms with Gasteiger partial charge in [-0.05, 0) is 5.92 Å². The predicted molar refractivity (Wildman–Crippen MR) is 38.7 cm³/mol. The molecule has 0 aliphatic carbocycles. The molecule has 1 aromatic rings. The van der Waals surface area contributed by atoms with Crippen LogP contribution in [-0.4, -0.2) is 20.5 Å². The van der Waals surface area contributed by atoms with Gasteiger partial charge in [-0.2, -0.15) is 0 Å². The molecule has 1 heterocycles. The highest BCUT2D eigenvalue weighted by atomic mass is 16.0. The van der Waals surface area contributed by atoms with E-state index in [-0.39, 0.29) is 5.48 Å². The van der Waals surface area contributed by atoms with Crippen LogP contribution in [-0.2, 0) is 7.05 Å². The molecule has 0 unspecified atom stereocenters. The lowest BCUT2D eigenvalue weighted by Crippen LogP contribution is -1.85. The molecule has 0 fully saturated rings. The van der Waals surface area contributed by atoms with Crippen molar-refractivity contribution in [3.63, 3.8) is 0 Å². The maximum Gasteiger partial charge on any atom is 0.0852 e. The van der Waals surface area contributed by atoms with Crippen molar-refractivity contribution in [2.75, 3.05) is 0 Å². The molecule has 0 radical (unpaired) electrons. The minimum atomic E-state index is 0. The summed E-state index contributed by atoms with van der Waals surface area (Å²) in [4.78, 5) is 0. The first-order valence-corrected chi connectivity index (χ1v) is 3.06. The third kappa shape index (κ3) is 1.80. The van der Waals surface area contributed by atoms with Crippen molar-refractivity contribution in [1.29, 1.82) is 0 Å². The van der Waals surface area contributed by atoms with Gasteiger partial charge in [0, 0.05) is 13.2 Å². The molecule has 0 saturated carbocycles. The van der Waals surface area contributed by atoms with Crippen molar-refractivity contribution < 1.29 is 5.48 Å². The number of rotatable bonds is 1. The predicted octanol–water partition coefficient (Wildman–Crippen LogP) is 0.114. The van der Waals surface area contributed by atoms with E-state index in [9.17, 15) is 0 Å². The lowest BCUT2D eigenvalue weighted by atomic mass is 10.2. The molecule has 4 nitrogen and oxygen atoms in total. The summed E-state index contributed by atoms with van der Waals surface area (Å²) < 4.78 is 1.72. The molecule has 0 aliphatic heterocycles. The second-order valence-electron chi connectivity index (χ2n) is 2.47. The number of hydrogen-bond acceptors (Lipinski definition) is 2. The molecular formula is C6H13N3O. The van der Waals surface area contributed by atoms with Crippen molar-refractivity contribution in [3.8, 4) is 0 Å². The average molecular weight is 143 g/mol. The molecule has 0 aromatic carbocycles. The summed E-state index contributed by atoms with van der Waals surface area (Å²) in [6, 6.07) is 0. The number of nitrogens with zero attached hydrogens (tertiary/aromatic N) is 3. The molecule has 2 N–H and O–H groups in total. The molecule has 0 atom stereocenters. The van der Waals surface area contributed by atoms with E-state index < -0.39 is 0 Å². The highest BCUT2D eigenvalue weighted by Crippen LogP contribution is 2.07. The summed E-state index contributed by atoms with van der Waals surface area (Å²) in [6.07, 6.45) is 1.94. The van der Waals surface area contributed by atoms with Crippen molar-refractivity contribution in [2.45, 2.75) is 19.8 Å². The van der Waals surface area contributed by atoms with Crippen molar-refractivity contribution in [3.05, 3.63) is 11.9 Å². The van der Waals surface area contributed by atoms with Gasteiger partial charge in [0.15, 0.2) is 0 Å². The Balaban J connectivity index is 0.000000810. The Morgan fingerprint density at radius 3 is 2.30 bits per heavy atom. The number of aromatic nitrogens is 3. The second kappa shape index (κ2) is 3.31. The average Bonchev–Trinajstić information content (AvgIpc) is 2.14. The summed E-state index contributed by atoms with van der Waals surface area (Å²) >= 11 is 0. The van der Waals surface area contributed by atoms with Crippen molar-refractivity contribution >= 4 is 0 Å². The Morgan fingerprint density at radius 1 is 1.50 bits per heavy atom. The monoisotopic (exact) mass is 143 g/mol. The van der Waals surface area contributed by atoms with E-state index in [1.165, 1.54) is 0 Å². The number of aryl methyl sites for hydroxylation is 1. The zero-order valence-corrected chi connectivity index (χ0v) is 6.50. The van der Waals surface area contributed by atoms with Crippen LogP contribution >= 0.6 is 0 Å². The lowest BCUT2D eigenvalue weighted by Gasteiger charge is -1.93. The van der Waals surface area contributed by atoms with Gasteiger partial charge in [0.2, 0.25) is 0 Å². The van der Waals surface area contributed by atoms with Gasteiger partial charge in [-0.25, -0.2) is 0 Å². The molecular weight excluding hydrogens is 130 g/mol. The molecule has 0 amide bonds. The fourth-order valence-corrected chi connectivity index (χ4v) is 0.630. The topological polar surface area (TPSA) is 62.2 Å². The molecule has 1 aromatic heterocycles. The van der Waals surface area contributed by atoms with Crippen LogP contribution in [0.5, 0.6) is 0 Å². The van der Waals surface area contributed by atoms with E-state index in [2.05, 4.69) is 24.2 Å². The van der Waals surface area contributed by atoms with E-state index in [0.29, 0.717) is 5.92 Å². The summed E-state index contributed by atoms with van der Waals surface area (Å²) in [5.74, 6) is 0.485. The summed E-state index contributed by atoms with van der Waals surface area (Å²) in [7, 11) is 1.87. The number of hydrogen-bond donors (Lipinski definition) is 0. The van der Waals surface area contributed by atoms with E-state index in [1.54, 1.807) is 4.68 Å². The van der Waals surface area contributed by atoms with Crippen LogP contribution in [0.3, 0.4) is 0 Å². The Hall–Kier alpha value is -0.900. The van der Waals surface area contributed by atoms with E-state index in [1.807, 2.05) is 13.2 Å². The van der Waals surface area contributed by atoms with Crippen molar-refractivity contribution in [2.24, 2.45) is 7.05 Å². The molecule has 0 spiro atoms. The summed E-state index contributed by atoms with van der Waals surface area (Å²) in [6.45, 7) is 4.20. The Bertz CT molecular complexity index is 195. The third-order valence-electron chi connectivity index (χ3n) is 1.21. The Morgan fingerprint density at radius 2 is 2.10 bits per heavy atom. The quantitative estimate of drug-likeness (QED) is 0.560. The molecule has 10 heavy (non-hydrogen) atoms. The normalized spacial score (nSPS) is 9.60. The van der Waals surface area contributed by atoms with Crippen LogP contribution in [0.25, 0.3) is 0 Å². The minimum absolute atomic E-state index is 0. The van der Waals surface area contributed by atoms with Gasteiger partial charge in [0.25, 0.3) is 0 Å². The van der Waals surface area contributed by atoms with E-state index in [4.69, 9.17) is 0 Å². The molecule has 0 aliphatic rings. The Labute approximate surface area is 60.2 Å². The van der Waals surface area contributed by atoms with Gasteiger partial charge in [0.05, 0.1) is 5.69 Å². The molecule has 58 valence electrons. The Kier molecular flexibility index (Phi) is 3.02. The first-order chi connectivity index (χ1) is 4.20. The maximum absolute atomic E-state index is 3.93. The van der Waals surface area contributed by atoms with Crippen LogP contribution < -0.4 is 0 Å². The lowest BCUT2D eigenvalue weighted by molar-refractivity contribution is 0.710. The second-order valence-corrected chi connectivity index (χ2v) is 2.47. The van der Waals surface area contributed by atoms with E-state index in [0.717, 1.165) is 5.69 Å². The molecule has 1 rings (SSSR count). The fraction of sp³-hybridized carbons (Fsp3) is 0.667. The van der Waals surface area contributed by atoms with Crippen LogP contribution in [0, 0.1) is 0 Å². The van der Waals surface area contributed by atoms with E-state index >= 15 is 0 Å². The van der Waals surface area contributed by atoms with Crippen LogP contribution in [0.2, 0.25) is 0 Å². The minimum Gasteiger partial charge on any atom is -0.412 e. The SMILES string of the molecule is CC(C)c1cn(C)nn1.O. The first kappa shape index (κ1) is 9.10. The van der Waals surface area contributed by atoms with Crippen molar-refractivity contribution in [1.82, 2.24) is 15.0 Å². The largest absolute Gasteiger partial charge is 0.412 e. The highest BCUT2D eigenvalue weighted by Gasteiger charge is 2.00. The van der Waals surface area contributed by atoms with Crippen LogP contribution in [0.4, 0.5) is 0 Å². The smallest absolute Gasteiger partial charge is 0.0852 e. The molecule has 0 saturated heterocycles. The van der Waals surface area contributed by atoms with Gasteiger partial charge in [-0.1, -0.05) is 19.1 Å². The third-order valence-corrected chi connectivity index (χ3v) is 1.21. The standard InChI is InChI=1S/C6H11N3.H2O/c1-5(2)6-4-9(3)8-7-6;/h4-5H,1-3H3;1H2. The summed E-state index contributed by atoms with van der Waals surface area (Å²) in [5.41, 5.74) is 1.05. The van der Waals surface area contributed by atoms with Gasteiger partial charge in [-0.15, -0.1) is 5.10 Å². The van der Waals surface area contributed by atoms with Crippen LogP contribution in [0.1, 0.15) is 25.5 Å². The first-order valence-electron chi connectivity index (χ1n) is 3.06. The van der Waals surface area contributed by atoms with Gasteiger partial charge >= 0.3 is 0 Å². The van der Waals surface area contributed by atoms with Gasteiger partial charge in [-0.3, -0.25) is 4.68 Å². The maximum atomic E-state index is 3.93. The van der Waals surface area contributed by atoms with Crippen LogP contribution in [0.15, 0.2) is 6.20 Å². The fourth-order valence-electron chi connectivity index (χ4n) is 0.630.